The lowest BCUT2D eigenvalue weighted by atomic mass is 10.1. The van der Waals surface area contributed by atoms with Crippen LogP contribution >= 0.6 is 34.8 Å². The standard InChI is InChI=1S/C22H26Cl3NO3/c1-15(14-28-9-8-16-4-6-17(23)7-5-16)13-26-21(27)22(2,3)29-20-11-18(24)10-19(25)12-20/h4-7,10-12,15H,8-9,13-14H2,1-3H3,(H,26,27). The molecule has 0 aliphatic rings. The summed E-state index contributed by atoms with van der Waals surface area (Å²) in [5.74, 6) is 0.392. The van der Waals surface area contributed by atoms with Crippen LogP contribution in [-0.4, -0.2) is 31.3 Å². The van der Waals surface area contributed by atoms with Crippen molar-refractivity contribution < 1.29 is 14.3 Å². The molecule has 0 bridgehead atoms. The molecule has 1 amide bonds. The van der Waals surface area contributed by atoms with Crippen molar-refractivity contribution in [3.05, 3.63) is 63.1 Å². The molecule has 29 heavy (non-hydrogen) atoms. The van der Waals surface area contributed by atoms with Crippen LogP contribution in [0.2, 0.25) is 15.1 Å². The van der Waals surface area contributed by atoms with Crippen LogP contribution in [0, 0.1) is 5.92 Å². The van der Waals surface area contributed by atoms with Crippen molar-refractivity contribution in [2.24, 2.45) is 5.92 Å². The minimum Gasteiger partial charge on any atom is -0.478 e. The van der Waals surface area contributed by atoms with Crippen molar-refractivity contribution in [1.29, 1.82) is 0 Å². The summed E-state index contributed by atoms with van der Waals surface area (Å²) in [6.45, 7) is 7.08. The van der Waals surface area contributed by atoms with E-state index < -0.39 is 5.60 Å². The zero-order chi connectivity index (χ0) is 21.4. The van der Waals surface area contributed by atoms with E-state index in [1.165, 1.54) is 5.56 Å². The monoisotopic (exact) mass is 457 g/mol. The molecular formula is C22H26Cl3NO3. The van der Waals surface area contributed by atoms with Crippen LogP contribution in [0.25, 0.3) is 0 Å². The number of rotatable bonds is 10. The maximum atomic E-state index is 12.5. The molecule has 2 aromatic carbocycles. The molecule has 2 rings (SSSR count). The van der Waals surface area contributed by atoms with Gasteiger partial charge in [-0.1, -0.05) is 53.9 Å². The summed E-state index contributed by atoms with van der Waals surface area (Å²) in [5, 5.41) is 4.54. The van der Waals surface area contributed by atoms with Gasteiger partial charge in [0.15, 0.2) is 5.60 Å². The van der Waals surface area contributed by atoms with Gasteiger partial charge in [0.1, 0.15) is 5.75 Å². The number of hydrogen-bond acceptors (Lipinski definition) is 3. The Morgan fingerprint density at radius 2 is 1.66 bits per heavy atom. The molecule has 0 fully saturated rings. The molecule has 0 saturated heterocycles. The van der Waals surface area contributed by atoms with E-state index in [2.05, 4.69) is 5.32 Å². The molecule has 4 nitrogen and oxygen atoms in total. The highest BCUT2D eigenvalue weighted by Gasteiger charge is 2.30. The van der Waals surface area contributed by atoms with E-state index in [-0.39, 0.29) is 11.8 Å². The molecule has 7 heteroatoms. The van der Waals surface area contributed by atoms with Crippen LogP contribution in [0.4, 0.5) is 0 Å². The third-order valence-electron chi connectivity index (χ3n) is 4.22. The predicted octanol–water partition coefficient (Wildman–Crippen LogP) is 5.82. The molecule has 1 N–H and O–H groups in total. The van der Waals surface area contributed by atoms with Gasteiger partial charge in [-0.2, -0.15) is 0 Å². The summed E-state index contributed by atoms with van der Waals surface area (Å²) in [5.41, 5.74) is 0.110. The molecule has 1 atom stereocenters. The fraction of sp³-hybridized carbons (Fsp3) is 0.409. The van der Waals surface area contributed by atoms with Crippen molar-refractivity contribution in [3.63, 3.8) is 0 Å². The Morgan fingerprint density at radius 3 is 2.28 bits per heavy atom. The zero-order valence-electron chi connectivity index (χ0n) is 16.8. The summed E-state index contributed by atoms with van der Waals surface area (Å²) >= 11 is 17.8. The number of amides is 1. The lowest BCUT2D eigenvalue weighted by Gasteiger charge is -2.26. The van der Waals surface area contributed by atoms with Crippen LogP contribution in [-0.2, 0) is 16.0 Å². The highest BCUT2D eigenvalue weighted by atomic mass is 35.5. The van der Waals surface area contributed by atoms with Crippen LogP contribution in [0.15, 0.2) is 42.5 Å². The van der Waals surface area contributed by atoms with Crippen molar-refractivity contribution in [2.75, 3.05) is 19.8 Å². The summed E-state index contributed by atoms with van der Waals surface area (Å²) in [4.78, 5) is 12.5. The van der Waals surface area contributed by atoms with Gasteiger partial charge in [0.2, 0.25) is 0 Å². The van der Waals surface area contributed by atoms with E-state index >= 15 is 0 Å². The molecule has 1 unspecified atom stereocenters. The van der Waals surface area contributed by atoms with Crippen molar-refractivity contribution in [3.8, 4) is 5.75 Å². The Morgan fingerprint density at radius 1 is 1.03 bits per heavy atom. The summed E-state index contributed by atoms with van der Waals surface area (Å²) in [6.07, 6.45) is 0.819. The summed E-state index contributed by atoms with van der Waals surface area (Å²) in [6, 6.07) is 12.6. The van der Waals surface area contributed by atoms with Gasteiger partial charge >= 0.3 is 0 Å². The molecule has 0 aliphatic carbocycles. The Hall–Kier alpha value is -1.46. The summed E-state index contributed by atoms with van der Waals surface area (Å²) < 4.78 is 11.5. The molecule has 0 heterocycles. The van der Waals surface area contributed by atoms with Gasteiger partial charge < -0.3 is 14.8 Å². The maximum Gasteiger partial charge on any atom is 0.263 e. The van der Waals surface area contributed by atoms with Gasteiger partial charge in [0, 0.05) is 21.6 Å². The first kappa shape index (κ1) is 23.8. The van der Waals surface area contributed by atoms with Crippen LogP contribution in [0.5, 0.6) is 5.75 Å². The highest BCUT2D eigenvalue weighted by molar-refractivity contribution is 6.34. The second-order valence-corrected chi connectivity index (χ2v) is 8.79. The number of carbonyl (C=O) groups is 1. The van der Waals surface area contributed by atoms with E-state index in [1.807, 2.05) is 31.2 Å². The van der Waals surface area contributed by atoms with Crippen LogP contribution in [0.1, 0.15) is 26.3 Å². The zero-order valence-corrected chi connectivity index (χ0v) is 19.1. The average Bonchev–Trinajstić information content (AvgIpc) is 2.63. The number of halogens is 3. The molecule has 0 saturated carbocycles. The SMILES string of the molecule is CC(CNC(=O)C(C)(C)Oc1cc(Cl)cc(Cl)c1)COCCc1ccc(Cl)cc1. The smallest absolute Gasteiger partial charge is 0.263 e. The maximum absolute atomic E-state index is 12.5. The van der Waals surface area contributed by atoms with E-state index in [0.29, 0.717) is 35.6 Å². The van der Waals surface area contributed by atoms with Crippen molar-refractivity contribution >= 4 is 40.7 Å². The van der Waals surface area contributed by atoms with E-state index in [4.69, 9.17) is 44.3 Å². The van der Waals surface area contributed by atoms with E-state index in [1.54, 1.807) is 32.0 Å². The van der Waals surface area contributed by atoms with Crippen LogP contribution < -0.4 is 10.1 Å². The first-order valence-corrected chi connectivity index (χ1v) is 10.5. The highest BCUT2D eigenvalue weighted by Crippen LogP contribution is 2.27. The van der Waals surface area contributed by atoms with Gasteiger partial charge in [0.05, 0.1) is 13.2 Å². The molecule has 0 spiro atoms. The largest absolute Gasteiger partial charge is 0.478 e. The van der Waals surface area contributed by atoms with Gasteiger partial charge in [-0.05, 0) is 62.1 Å². The minimum absolute atomic E-state index is 0.167. The number of ether oxygens (including phenoxy) is 2. The molecule has 0 aliphatic heterocycles. The van der Waals surface area contributed by atoms with Gasteiger partial charge in [-0.15, -0.1) is 0 Å². The fourth-order valence-corrected chi connectivity index (χ4v) is 3.22. The van der Waals surface area contributed by atoms with E-state index in [9.17, 15) is 4.79 Å². The lowest BCUT2D eigenvalue weighted by molar-refractivity contribution is -0.134. The Balaban J connectivity index is 1.71. The third kappa shape index (κ3) is 8.43. The predicted molar refractivity (Wildman–Crippen MR) is 119 cm³/mol. The normalized spacial score (nSPS) is 12.5. The van der Waals surface area contributed by atoms with Gasteiger partial charge in [-0.25, -0.2) is 0 Å². The van der Waals surface area contributed by atoms with E-state index in [0.717, 1.165) is 11.4 Å². The molecule has 0 aromatic heterocycles. The Kier molecular flexibility index (Phi) is 9.09. The minimum atomic E-state index is -1.07. The van der Waals surface area contributed by atoms with Crippen molar-refractivity contribution in [1.82, 2.24) is 5.32 Å². The second-order valence-electron chi connectivity index (χ2n) is 7.48. The topological polar surface area (TPSA) is 47.6 Å². The number of nitrogens with one attached hydrogen (secondary N) is 1. The van der Waals surface area contributed by atoms with Gasteiger partial charge in [0.25, 0.3) is 5.91 Å². The van der Waals surface area contributed by atoms with Crippen LogP contribution in [0.3, 0.4) is 0 Å². The molecule has 158 valence electrons. The number of carbonyl (C=O) groups excluding carboxylic acids is 1. The quantitative estimate of drug-likeness (QED) is 0.457. The Bertz CT molecular complexity index is 789. The summed E-state index contributed by atoms with van der Waals surface area (Å²) in [7, 11) is 0. The molecular weight excluding hydrogens is 433 g/mol. The average molecular weight is 459 g/mol. The number of hydrogen-bond donors (Lipinski definition) is 1. The van der Waals surface area contributed by atoms with Gasteiger partial charge in [-0.3, -0.25) is 4.79 Å². The van der Waals surface area contributed by atoms with Crippen molar-refractivity contribution in [2.45, 2.75) is 32.8 Å². The lowest BCUT2D eigenvalue weighted by Crippen LogP contribution is -2.47. The number of benzene rings is 2. The fourth-order valence-electron chi connectivity index (χ4n) is 2.59. The first-order valence-electron chi connectivity index (χ1n) is 9.41. The second kappa shape index (κ2) is 11.1. The molecule has 0 radical (unpaired) electrons. The molecule has 2 aromatic rings. The third-order valence-corrected chi connectivity index (χ3v) is 4.91. The Labute approximate surface area is 187 Å². The first-order chi connectivity index (χ1) is 13.7.